The van der Waals surface area contributed by atoms with Crippen LogP contribution in [0.2, 0.25) is 0 Å². The number of unbranched alkanes of at least 4 members (excludes halogenated alkanes) is 4. The zero-order valence-electron chi connectivity index (χ0n) is 25.3. The average molecular weight is 697 g/mol. The molecule has 0 aliphatic carbocycles. The molecule has 0 unspecified atom stereocenters. The second kappa shape index (κ2) is 16.2. The molecule has 3 aromatic carbocycles. The van der Waals surface area contributed by atoms with Gasteiger partial charge in [0.2, 0.25) is 0 Å². The standard InChI is InChI=1S/C19H18BrP.C16H36BrP/c1-21(20,17-11-5-2-6-12-17,18-13-7-3-8-14-18)19-15-9-4-10-16-19;1-5-9-13-18(17,14-10-6-2,15-11-7-3)16-12-8-4/h2-16H,1H3;5-16H2,1-4H3. The summed E-state index contributed by atoms with van der Waals surface area (Å²) in [5, 5.41) is -0.0666. The Balaban J connectivity index is 0.000000278. The molecule has 3 aromatic rings. The molecule has 0 atom stereocenters. The molecule has 0 bridgehead atoms. The van der Waals surface area contributed by atoms with Crippen molar-refractivity contribution in [3.05, 3.63) is 91.0 Å². The fourth-order valence-electron chi connectivity index (χ4n) is 5.68. The number of benzene rings is 3. The summed E-state index contributed by atoms with van der Waals surface area (Å²) in [5.41, 5.74) is 0. The monoisotopic (exact) mass is 694 g/mol. The first-order chi connectivity index (χ1) is 18.7. The SMILES string of the molecule is CCCCP(Br)(CCCC)(CCCC)CCCC.CP(Br)(c1ccccc1)(c1ccccc1)c1ccccc1. The van der Waals surface area contributed by atoms with Crippen LogP contribution in [0.5, 0.6) is 0 Å². The van der Waals surface area contributed by atoms with Crippen molar-refractivity contribution in [2.45, 2.75) is 79.1 Å². The minimum absolute atomic E-state index is 1.35. The maximum absolute atomic E-state index is 4.43. The van der Waals surface area contributed by atoms with Crippen molar-refractivity contribution in [2.24, 2.45) is 0 Å². The molecule has 218 valence electrons. The number of halogens is 2. The Morgan fingerprint density at radius 2 is 0.667 bits per heavy atom. The van der Waals surface area contributed by atoms with Gasteiger partial charge in [0.25, 0.3) is 0 Å². The van der Waals surface area contributed by atoms with Gasteiger partial charge in [-0.15, -0.1) is 0 Å². The molecule has 39 heavy (non-hydrogen) atoms. The molecule has 0 nitrogen and oxygen atoms in total. The maximum atomic E-state index is 4.43. The van der Waals surface area contributed by atoms with Crippen LogP contribution in [0, 0.1) is 0 Å². The van der Waals surface area contributed by atoms with Crippen LogP contribution >= 0.6 is 41.6 Å². The zero-order valence-corrected chi connectivity index (χ0v) is 30.3. The van der Waals surface area contributed by atoms with Crippen LogP contribution in [0.1, 0.15) is 79.1 Å². The third-order valence-electron chi connectivity index (χ3n) is 8.39. The van der Waals surface area contributed by atoms with Crippen LogP contribution < -0.4 is 15.9 Å². The van der Waals surface area contributed by atoms with E-state index in [1.54, 1.807) is 0 Å². The number of rotatable bonds is 15. The summed E-state index contributed by atoms with van der Waals surface area (Å²) in [6.45, 7) is 11.7. The van der Waals surface area contributed by atoms with Gasteiger partial charge in [-0.2, -0.15) is 0 Å². The molecule has 0 spiro atoms. The van der Waals surface area contributed by atoms with Crippen molar-refractivity contribution in [1.82, 2.24) is 0 Å². The molecule has 0 fully saturated rings. The molecular formula is C35H54Br2P2. The van der Waals surface area contributed by atoms with Crippen molar-refractivity contribution in [3.8, 4) is 0 Å². The van der Waals surface area contributed by atoms with Gasteiger partial charge in [0, 0.05) is 0 Å². The minimum atomic E-state index is -2.56. The van der Waals surface area contributed by atoms with E-state index in [0.29, 0.717) is 0 Å². The Morgan fingerprint density at radius 1 is 0.436 bits per heavy atom. The quantitative estimate of drug-likeness (QED) is 0.139. The van der Waals surface area contributed by atoms with E-state index in [9.17, 15) is 0 Å². The van der Waals surface area contributed by atoms with E-state index in [4.69, 9.17) is 0 Å². The molecule has 0 heterocycles. The summed E-state index contributed by atoms with van der Waals surface area (Å²) in [6.07, 6.45) is 17.2. The van der Waals surface area contributed by atoms with Crippen molar-refractivity contribution < 1.29 is 0 Å². The second-order valence-corrected chi connectivity index (χ2v) is 32.7. The first-order valence-electron chi connectivity index (χ1n) is 15.3. The molecule has 0 aromatic heterocycles. The van der Waals surface area contributed by atoms with Crippen molar-refractivity contribution in [3.63, 3.8) is 0 Å². The molecule has 0 radical (unpaired) electrons. The topological polar surface area (TPSA) is 0 Å². The molecule has 0 saturated heterocycles. The summed E-state index contributed by atoms with van der Waals surface area (Å²) in [4.78, 5) is 0. The van der Waals surface area contributed by atoms with E-state index in [1.807, 2.05) is 0 Å². The molecule has 0 N–H and O–H groups in total. The van der Waals surface area contributed by atoms with Gasteiger partial charge in [0.15, 0.2) is 0 Å². The van der Waals surface area contributed by atoms with E-state index in [1.165, 1.54) is 91.9 Å². The molecule has 0 aliphatic heterocycles. The van der Waals surface area contributed by atoms with Gasteiger partial charge in [-0.25, -0.2) is 0 Å². The summed E-state index contributed by atoms with van der Waals surface area (Å²) in [6, 6.07) is 32.3. The van der Waals surface area contributed by atoms with Crippen LogP contribution in [-0.2, 0) is 0 Å². The predicted molar refractivity (Wildman–Crippen MR) is 195 cm³/mol. The van der Waals surface area contributed by atoms with E-state index in [2.05, 4.69) is 156 Å². The Bertz CT molecular complexity index is 921. The van der Waals surface area contributed by atoms with E-state index in [-0.39, 0.29) is 0 Å². The first kappa shape index (κ1) is 34.7. The first-order valence-corrected chi connectivity index (χ1v) is 25.0. The van der Waals surface area contributed by atoms with Gasteiger partial charge >= 0.3 is 259 Å². The van der Waals surface area contributed by atoms with Gasteiger partial charge in [0.1, 0.15) is 0 Å². The van der Waals surface area contributed by atoms with Crippen LogP contribution in [0.3, 0.4) is 0 Å². The van der Waals surface area contributed by atoms with Crippen LogP contribution in [0.25, 0.3) is 0 Å². The predicted octanol–water partition coefficient (Wildman–Crippen LogP) is 11.5. The van der Waals surface area contributed by atoms with Crippen molar-refractivity contribution in [2.75, 3.05) is 31.3 Å². The summed E-state index contributed by atoms with van der Waals surface area (Å²) in [7, 11) is 0. The fraction of sp³-hybridized carbons (Fsp3) is 0.486. The van der Waals surface area contributed by atoms with Crippen molar-refractivity contribution >= 4 is 57.5 Å². The third-order valence-corrected chi connectivity index (χ3v) is 26.6. The van der Waals surface area contributed by atoms with Gasteiger partial charge in [-0.3, -0.25) is 0 Å². The second-order valence-electron chi connectivity index (χ2n) is 11.6. The third kappa shape index (κ3) is 9.23. The van der Waals surface area contributed by atoms with Crippen LogP contribution in [0.15, 0.2) is 91.0 Å². The summed E-state index contributed by atoms with van der Waals surface area (Å²) >= 11 is 8.67. The number of hydrogen-bond donors (Lipinski definition) is 0. The molecular weight excluding hydrogens is 642 g/mol. The van der Waals surface area contributed by atoms with Gasteiger partial charge in [0.05, 0.1) is 0 Å². The Morgan fingerprint density at radius 3 is 0.872 bits per heavy atom. The van der Waals surface area contributed by atoms with E-state index < -0.39 is 10.6 Å². The average Bonchev–Trinajstić information content (AvgIpc) is 2.99. The number of hydrogen-bond acceptors (Lipinski definition) is 0. The van der Waals surface area contributed by atoms with Gasteiger partial charge < -0.3 is 0 Å². The normalized spacial score (nSPS) is 13.8. The molecule has 0 saturated carbocycles. The van der Waals surface area contributed by atoms with E-state index in [0.717, 1.165) is 0 Å². The molecule has 4 heteroatoms. The Kier molecular flexibility index (Phi) is 14.4. The molecule has 0 amide bonds. The van der Waals surface area contributed by atoms with Gasteiger partial charge in [-0.1, -0.05) is 0 Å². The Hall–Kier alpha value is -0.520. The van der Waals surface area contributed by atoms with Crippen LogP contribution in [0.4, 0.5) is 0 Å². The summed E-state index contributed by atoms with van der Waals surface area (Å²) < 4.78 is 0. The molecule has 3 rings (SSSR count). The van der Waals surface area contributed by atoms with Gasteiger partial charge in [-0.05, 0) is 0 Å². The Labute approximate surface area is 257 Å². The fourth-order valence-corrected chi connectivity index (χ4v) is 20.1. The zero-order chi connectivity index (χ0) is 28.7. The van der Waals surface area contributed by atoms with Crippen LogP contribution in [-0.4, -0.2) is 31.3 Å². The van der Waals surface area contributed by atoms with Crippen molar-refractivity contribution in [1.29, 1.82) is 0 Å². The molecule has 0 aliphatic rings. The summed E-state index contributed by atoms with van der Waals surface area (Å²) in [5.74, 6) is 0. The van der Waals surface area contributed by atoms with E-state index >= 15 is 0 Å².